The molecule has 3 N–H and O–H groups in total. The van der Waals surface area contributed by atoms with E-state index >= 15 is 0 Å². The molecule has 1 aromatic carbocycles. The molecule has 1 aromatic heterocycles. The third kappa shape index (κ3) is 5.39. The first-order chi connectivity index (χ1) is 14.6. The minimum absolute atomic E-state index is 0.0246. The number of sulfonamides is 2. The van der Waals surface area contributed by atoms with Crippen molar-refractivity contribution in [2.24, 2.45) is 5.84 Å². The highest BCUT2D eigenvalue weighted by molar-refractivity contribution is 7.93. The Morgan fingerprint density at radius 1 is 1.13 bits per heavy atom. The van der Waals surface area contributed by atoms with Crippen LogP contribution in [-0.2, 0) is 26.6 Å². The lowest BCUT2D eigenvalue weighted by Gasteiger charge is -2.34. The van der Waals surface area contributed by atoms with E-state index in [1.54, 1.807) is 36.4 Å². The number of carbonyl (C=O) groups excluding carboxylic acids is 1. The first-order valence-corrected chi connectivity index (χ1v) is 13.0. The minimum Gasteiger partial charge on any atom is -0.290 e. The van der Waals surface area contributed by atoms with Crippen LogP contribution in [0.25, 0.3) is 0 Å². The van der Waals surface area contributed by atoms with E-state index in [9.17, 15) is 21.6 Å². The maximum atomic E-state index is 13.5. The van der Waals surface area contributed by atoms with Crippen LogP contribution in [0.1, 0.15) is 28.9 Å². The Morgan fingerprint density at radius 3 is 2.29 bits per heavy atom. The maximum Gasteiger partial charge on any atom is 0.266 e. The summed E-state index contributed by atoms with van der Waals surface area (Å²) in [5, 5.41) is -0.715. The standard InChI is InChI=1S/C19H25N5O5S2/c1-30(26,27)23-11-9-18(10-12-23)31(28,29)24(17-5-3-2-4-6-17)14-16-8-7-15(13-21-16)19(25)22-20/h2-8,13,18H,9-12,14,20H2,1H3,(H,22,25). The molecule has 1 aliphatic heterocycles. The fourth-order valence-electron chi connectivity index (χ4n) is 3.45. The van der Waals surface area contributed by atoms with Crippen molar-refractivity contribution in [1.29, 1.82) is 0 Å². The number of hydrazine groups is 1. The smallest absolute Gasteiger partial charge is 0.266 e. The second-order valence-electron chi connectivity index (χ2n) is 7.26. The van der Waals surface area contributed by atoms with Crippen LogP contribution in [-0.4, -0.2) is 56.6 Å². The molecule has 31 heavy (non-hydrogen) atoms. The molecule has 3 rings (SSSR count). The van der Waals surface area contributed by atoms with Crippen LogP contribution in [0.5, 0.6) is 0 Å². The highest BCUT2D eigenvalue weighted by Crippen LogP contribution is 2.28. The van der Waals surface area contributed by atoms with Crippen molar-refractivity contribution in [2.45, 2.75) is 24.6 Å². The molecule has 10 nitrogen and oxygen atoms in total. The molecular formula is C19H25N5O5S2. The molecule has 0 bridgehead atoms. The van der Waals surface area contributed by atoms with E-state index in [0.29, 0.717) is 11.4 Å². The zero-order valence-electron chi connectivity index (χ0n) is 17.0. The van der Waals surface area contributed by atoms with Crippen molar-refractivity contribution >= 4 is 31.6 Å². The van der Waals surface area contributed by atoms with Gasteiger partial charge in [-0.1, -0.05) is 18.2 Å². The zero-order valence-corrected chi connectivity index (χ0v) is 18.6. The van der Waals surface area contributed by atoms with Crippen molar-refractivity contribution in [1.82, 2.24) is 14.7 Å². The number of hydrogen-bond acceptors (Lipinski definition) is 7. The maximum absolute atomic E-state index is 13.5. The van der Waals surface area contributed by atoms with Gasteiger partial charge in [-0.05, 0) is 37.1 Å². The van der Waals surface area contributed by atoms with Gasteiger partial charge in [-0.25, -0.2) is 27.0 Å². The molecule has 2 heterocycles. The summed E-state index contributed by atoms with van der Waals surface area (Å²) in [6.45, 7) is 0.294. The summed E-state index contributed by atoms with van der Waals surface area (Å²) in [7, 11) is -7.16. The Kier molecular flexibility index (Phi) is 6.94. The predicted octanol–water partition coefficient (Wildman–Crippen LogP) is 0.446. The summed E-state index contributed by atoms with van der Waals surface area (Å²) >= 11 is 0. The second-order valence-corrected chi connectivity index (χ2v) is 11.4. The number of aromatic nitrogens is 1. The molecule has 0 unspecified atom stereocenters. The fourth-order valence-corrected chi connectivity index (χ4v) is 6.22. The SMILES string of the molecule is CS(=O)(=O)N1CCC(S(=O)(=O)N(Cc2ccc(C(=O)NN)cn2)c2ccccc2)CC1. The van der Waals surface area contributed by atoms with E-state index in [0.717, 1.165) is 6.26 Å². The van der Waals surface area contributed by atoms with Gasteiger partial charge in [-0.15, -0.1) is 0 Å². The molecule has 1 aliphatic rings. The van der Waals surface area contributed by atoms with Crippen molar-refractivity contribution in [3.63, 3.8) is 0 Å². The summed E-state index contributed by atoms with van der Waals surface area (Å²) in [4.78, 5) is 15.8. The average Bonchev–Trinajstić information content (AvgIpc) is 2.77. The minimum atomic E-state index is -3.80. The van der Waals surface area contributed by atoms with E-state index in [2.05, 4.69) is 4.98 Å². The molecule has 0 saturated carbocycles. The lowest BCUT2D eigenvalue weighted by atomic mass is 10.2. The number of piperidine rings is 1. The van der Waals surface area contributed by atoms with Crippen molar-refractivity contribution in [3.05, 3.63) is 59.9 Å². The Hall–Kier alpha value is -2.54. The molecule has 0 radical (unpaired) electrons. The Balaban J connectivity index is 1.86. The third-order valence-electron chi connectivity index (χ3n) is 5.17. The lowest BCUT2D eigenvalue weighted by molar-refractivity contribution is 0.0953. The van der Waals surface area contributed by atoms with Gasteiger partial charge in [-0.3, -0.25) is 19.5 Å². The van der Waals surface area contributed by atoms with Gasteiger partial charge in [0.05, 0.1) is 35.0 Å². The number of benzene rings is 1. The van der Waals surface area contributed by atoms with Gasteiger partial charge in [-0.2, -0.15) is 0 Å². The van der Waals surface area contributed by atoms with E-state index in [-0.39, 0.29) is 38.0 Å². The molecule has 2 aromatic rings. The van der Waals surface area contributed by atoms with Crippen LogP contribution >= 0.6 is 0 Å². The normalized spacial score (nSPS) is 16.1. The van der Waals surface area contributed by atoms with Crippen LogP contribution in [0.3, 0.4) is 0 Å². The van der Waals surface area contributed by atoms with Crippen LogP contribution in [0.15, 0.2) is 48.7 Å². The number of nitrogens with two attached hydrogens (primary N) is 1. The largest absolute Gasteiger partial charge is 0.290 e. The highest BCUT2D eigenvalue weighted by atomic mass is 32.2. The molecule has 168 valence electrons. The first kappa shape index (κ1) is 23.1. The molecule has 0 atom stereocenters. The van der Waals surface area contributed by atoms with Crippen LogP contribution in [0, 0.1) is 0 Å². The Morgan fingerprint density at radius 2 is 1.77 bits per heavy atom. The topological polar surface area (TPSA) is 143 Å². The number of anilines is 1. The first-order valence-electron chi connectivity index (χ1n) is 9.60. The van der Waals surface area contributed by atoms with E-state index < -0.39 is 31.2 Å². The summed E-state index contributed by atoms with van der Waals surface area (Å²) in [6.07, 6.45) is 2.87. The second kappa shape index (κ2) is 9.30. The van der Waals surface area contributed by atoms with Gasteiger partial charge in [0.1, 0.15) is 0 Å². The number of nitrogens with zero attached hydrogens (tertiary/aromatic N) is 3. The summed E-state index contributed by atoms with van der Waals surface area (Å²) in [5.74, 6) is 4.62. The summed E-state index contributed by atoms with van der Waals surface area (Å²) < 4.78 is 53.1. The van der Waals surface area contributed by atoms with Crippen LogP contribution in [0.2, 0.25) is 0 Å². The predicted molar refractivity (Wildman–Crippen MR) is 117 cm³/mol. The number of amides is 1. The van der Waals surface area contributed by atoms with Gasteiger partial charge in [0.2, 0.25) is 20.0 Å². The van der Waals surface area contributed by atoms with E-state index in [4.69, 9.17) is 5.84 Å². The molecule has 12 heteroatoms. The summed E-state index contributed by atoms with van der Waals surface area (Å²) in [6, 6.07) is 11.8. The van der Waals surface area contributed by atoms with E-state index in [1.165, 1.54) is 20.9 Å². The fraction of sp³-hybridized carbons (Fsp3) is 0.368. The van der Waals surface area contributed by atoms with E-state index in [1.807, 2.05) is 5.43 Å². The number of para-hydroxylation sites is 1. The van der Waals surface area contributed by atoms with Gasteiger partial charge < -0.3 is 0 Å². The molecule has 1 amide bonds. The van der Waals surface area contributed by atoms with Gasteiger partial charge in [0.15, 0.2) is 0 Å². The zero-order chi connectivity index (χ0) is 22.6. The number of rotatable bonds is 7. The van der Waals surface area contributed by atoms with Crippen molar-refractivity contribution < 1.29 is 21.6 Å². The monoisotopic (exact) mass is 467 g/mol. The lowest BCUT2D eigenvalue weighted by Crippen LogP contribution is -2.46. The average molecular weight is 468 g/mol. The Labute approximate surface area is 182 Å². The molecule has 0 aliphatic carbocycles. The van der Waals surface area contributed by atoms with Crippen molar-refractivity contribution in [2.75, 3.05) is 23.7 Å². The van der Waals surface area contributed by atoms with Gasteiger partial charge >= 0.3 is 0 Å². The van der Waals surface area contributed by atoms with Crippen LogP contribution < -0.4 is 15.6 Å². The van der Waals surface area contributed by atoms with Crippen LogP contribution in [0.4, 0.5) is 5.69 Å². The van der Waals surface area contributed by atoms with Gasteiger partial charge in [0.25, 0.3) is 5.91 Å². The highest BCUT2D eigenvalue weighted by Gasteiger charge is 2.37. The number of nitrogen functional groups attached to an aromatic ring is 1. The van der Waals surface area contributed by atoms with Crippen molar-refractivity contribution in [3.8, 4) is 0 Å². The number of carbonyl (C=O) groups is 1. The molecule has 1 fully saturated rings. The number of pyridine rings is 1. The Bertz CT molecular complexity index is 1110. The van der Waals surface area contributed by atoms with Gasteiger partial charge in [0, 0.05) is 19.3 Å². The third-order valence-corrected chi connectivity index (χ3v) is 8.74. The number of nitrogens with one attached hydrogen (secondary N) is 1. The molecule has 1 saturated heterocycles. The number of hydrogen-bond donors (Lipinski definition) is 2. The molecule has 0 spiro atoms. The quantitative estimate of drug-likeness (QED) is 0.342. The summed E-state index contributed by atoms with van der Waals surface area (Å²) in [5.41, 5.74) is 3.21. The molecular weight excluding hydrogens is 442 g/mol.